The second-order valence-electron chi connectivity index (χ2n) is 6.07. The Morgan fingerprint density at radius 3 is 2.48 bits per heavy atom. The molecule has 1 heterocycles. The molecule has 0 saturated carbocycles. The van der Waals surface area contributed by atoms with Crippen molar-refractivity contribution in [3.63, 3.8) is 0 Å². The molecule has 0 unspecified atom stereocenters. The molecule has 0 bridgehead atoms. The fourth-order valence-corrected chi connectivity index (χ4v) is 2.38. The Labute approximate surface area is 136 Å². The van der Waals surface area contributed by atoms with Crippen LogP contribution in [0, 0.1) is 5.92 Å². The summed E-state index contributed by atoms with van der Waals surface area (Å²) in [6, 6.07) is 0. The van der Waals surface area contributed by atoms with Gasteiger partial charge in [-0.3, -0.25) is 19.1 Å². The lowest BCUT2D eigenvalue weighted by atomic mass is 10.1. The van der Waals surface area contributed by atoms with Crippen LogP contribution in [-0.2, 0) is 11.3 Å². The number of unbranched alkanes of at least 4 members (excludes halogenated alkanes) is 1. The fraction of sp³-hybridized carbons (Fsp3) is 0.688. The van der Waals surface area contributed by atoms with Crippen molar-refractivity contribution in [3.05, 3.63) is 20.8 Å². The Kier molecular flexibility index (Phi) is 7.06. The van der Waals surface area contributed by atoms with E-state index in [1.54, 1.807) is 6.92 Å². The van der Waals surface area contributed by atoms with Crippen LogP contribution < -0.4 is 21.9 Å². The van der Waals surface area contributed by atoms with Crippen LogP contribution in [0.15, 0.2) is 9.59 Å². The lowest BCUT2D eigenvalue weighted by Gasteiger charge is -2.23. The molecule has 0 aliphatic carbocycles. The lowest BCUT2D eigenvalue weighted by Crippen LogP contribution is -2.41. The number of hydrogen-bond donors (Lipinski definition) is 2. The van der Waals surface area contributed by atoms with Gasteiger partial charge in [0.1, 0.15) is 5.82 Å². The van der Waals surface area contributed by atoms with Crippen molar-refractivity contribution in [2.24, 2.45) is 5.92 Å². The first-order chi connectivity index (χ1) is 10.8. The van der Waals surface area contributed by atoms with E-state index < -0.39 is 11.2 Å². The molecular weight excluding hydrogens is 296 g/mol. The second kappa shape index (κ2) is 8.55. The van der Waals surface area contributed by atoms with Crippen molar-refractivity contribution in [2.45, 2.75) is 59.9 Å². The summed E-state index contributed by atoms with van der Waals surface area (Å²) < 4.78 is 1.33. The number of nitrogens with zero attached hydrogens (tertiary/aromatic N) is 2. The highest BCUT2D eigenvalue weighted by Crippen LogP contribution is 2.19. The molecule has 0 aromatic carbocycles. The zero-order valence-corrected chi connectivity index (χ0v) is 14.5. The van der Waals surface area contributed by atoms with E-state index in [0.29, 0.717) is 25.4 Å². The number of carbonyl (C=O) groups excluding carboxylic acids is 1. The first-order valence-corrected chi connectivity index (χ1v) is 8.26. The van der Waals surface area contributed by atoms with Crippen LogP contribution in [0.1, 0.15) is 53.4 Å². The molecule has 0 aliphatic heterocycles. The number of nitrogen functional groups attached to an aromatic ring is 1. The smallest absolute Gasteiger partial charge is 0.330 e. The number of nitrogens with two attached hydrogens (primary N) is 1. The van der Waals surface area contributed by atoms with Crippen LogP contribution in [0.5, 0.6) is 0 Å². The Balaban J connectivity index is 3.25. The van der Waals surface area contributed by atoms with Crippen LogP contribution in [0.3, 0.4) is 0 Å². The highest BCUT2D eigenvalue weighted by molar-refractivity contribution is 5.95. The molecule has 23 heavy (non-hydrogen) atoms. The van der Waals surface area contributed by atoms with E-state index in [4.69, 9.17) is 5.73 Å². The van der Waals surface area contributed by atoms with Crippen molar-refractivity contribution in [3.8, 4) is 0 Å². The maximum atomic E-state index is 12.4. The molecule has 1 aromatic heterocycles. The minimum absolute atomic E-state index is 0.0620. The number of nitrogens with one attached hydrogen (secondary N) is 1. The molecule has 1 aromatic rings. The first-order valence-electron chi connectivity index (χ1n) is 8.26. The molecule has 0 saturated heterocycles. The molecule has 130 valence electrons. The quantitative estimate of drug-likeness (QED) is 0.760. The third-order valence-corrected chi connectivity index (χ3v) is 3.77. The van der Waals surface area contributed by atoms with Gasteiger partial charge in [0.05, 0.1) is 0 Å². The number of carbonyl (C=O) groups is 1. The normalized spacial score (nSPS) is 11.0. The van der Waals surface area contributed by atoms with Gasteiger partial charge in [0, 0.05) is 19.5 Å². The van der Waals surface area contributed by atoms with Gasteiger partial charge in [-0.1, -0.05) is 27.2 Å². The zero-order valence-electron chi connectivity index (χ0n) is 14.5. The van der Waals surface area contributed by atoms with Gasteiger partial charge in [0.2, 0.25) is 5.91 Å². The molecule has 0 fully saturated rings. The van der Waals surface area contributed by atoms with Gasteiger partial charge in [0.25, 0.3) is 5.56 Å². The van der Waals surface area contributed by atoms with Crippen LogP contribution in [-0.4, -0.2) is 22.0 Å². The van der Waals surface area contributed by atoms with E-state index in [1.807, 2.05) is 20.8 Å². The van der Waals surface area contributed by atoms with Crippen molar-refractivity contribution in [1.29, 1.82) is 0 Å². The number of aromatic nitrogens is 2. The molecule has 0 radical (unpaired) electrons. The van der Waals surface area contributed by atoms with E-state index in [1.165, 1.54) is 9.47 Å². The monoisotopic (exact) mass is 324 g/mol. The van der Waals surface area contributed by atoms with Gasteiger partial charge in [-0.25, -0.2) is 4.79 Å². The summed E-state index contributed by atoms with van der Waals surface area (Å²) in [5, 5.41) is 0. The Hall–Kier alpha value is -2.05. The lowest BCUT2D eigenvalue weighted by molar-refractivity contribution is -0.118. The molecule has 0 spiro atoms. The molecule has 1 rings (SSSR count). The highest BCUT2D eigenvalue weighted by Gasteiger charge is 2.22. The SMILES string of the molecule is CCCCn1c(N)c(N(CC)C(=O)CCC(C)C)c(=O)[nH]c1=O. The summed E-state index contributed by atoms with van der Waals surface area (Å²) in [5.41, 5.74) is 4.98. The molecule has 0 aliphatic rings. The maximum absolute atomic E-state index is 12.4. The molecule has 7 nitrogen and oxygen atoms in total. The van der Waals surface area contributed by atoms with Gasteiger partial charge in [-0.05, 0) is 25.7 Å². The van der Waals surface area contributed by atoms with Crippen molar-refractivity contribution >= 4 is 17.4 Å². The van der Waals surface area contributed by atoms with E-state index >= 15 is 0 Å². The van der Waals surface area contributed by atoms with Crippen LogP contribution in [0.25, 0.3) is 0 Å². The highest BCUT2D eigenvalue weighted by atomic mass is 16.2. The number of rotatable bonds is 8. The zero-order chi connectivity index (χ0) is 17.6. The number of hydrogen-bond acceptors (Lipinski definition) is 4. The van der Waals surface area contributed by atoms with Gasteiger partial charge in [-0.2, -0.15) is 0 Å². The van der Waals surface area contributed by atoms with E-state index in [0.717, 1.165) is 19.3 Å². The average Bonchev–Trinajstić information content (AvgIpc) is 2.48. The average molecular weight is 324 g/mol. The summed E-state index contributed by atoms with van der Waals surface area (Å²) in [4.78, 5) is 40.2. The Bertz CT molecular complexity index is 646. The van der Waals surface area contributed by atoms with Crippen LogP contribution >= 0.6 is 0 Å². The van der Waals surface area contributed by atoms with Gasteiger partial charge < -0.3 is 10.6 Å². The summed E-state index contributed by atoms with van der Waals surface area (Å²) in [6.07, 6.45) is 2.75. The first kappa shape index (κ1) is 19.0. The van der Waals surface area contributed by atoms with Crippen LogP contribution in [0.4, 0.5) is 11.5 Å². The summed E-state index contributed by atoms with van der Waals surface area (Å²) in [6.45, 7) is 8.61. The van der Waals surface area contributed by atoms with E-state index in [2.05, 4.69) is 4.98 Å². The van der Waals surface area contributed by atoms with Crippen LogP contribution in [0.2, 0.25) is 0 Å². The summed E-state index contributed by atoms with van der Waals surface area (Å²) in [7, 11) is 0. The Morgan fingerprint density at radius 1 is 1.30 bits per heavy atom. The van der Waals surface area contributed by atoms with Crippen molar-refractivity contribution in [1.82, 2.24) is 9.55 Å². The second-order valence-corrected chi connectivity index (χ2v) is 6.07. The minimum Gasteiger partial charge on any atom is -0.383 e. The van der Waals surface area contributed by atoms with Crippen molar-refractivity contribution < 1.29 is 4.79 Å². The number of aromatic amines is 1. The maximum Gasteiger partial charge on any atom is 0.330 e. The van der Waals surface area contributed by atoms with Gasteiger partial charge >= 0.3 is 5.69 Å². The topological polar surface area (TPSA) is 101 Å². The number of H-pyrrole nitrogens is 1. The number of amides is 1. The number of anilines is 2. The van der Waals surface area contributed by atoms with Crippen molar-refractivity contribution in [2.75, 3.05) is 17.2 Å². The summed E-state index contributed by atoms with van der Waals surface area (Å²) in [5.74, 6) is 0.304. The fourth-order valence-electron chi connectivity index (χ4n) is 2.38. The Morgan fingerprint density at radius 2 is 1.96 bits per heavy atom. The predicted molar refractivity (Wildman–Crippen MR) is 92.7 cm³/mol. The minimum atomic E-state index is -0.611. The third-order valence-electron chi connectivity index (χ3n) is 3.77. The van der Waals surface area contributed by atoms with Gasteiger partial charge in [-0.15, -0.1) is 0 Å². The molecule has 1 amide bonds. The molecule has 3 N–H and O–H groups in total. The van der Waals surface area contributed by atoms with E-state index in [-0.39, 0.29) is 17.4 Å². The van der Waals surface area contributed by atoms with Gasteiger partial charge in [0.15, 0.2) is 5.69 Å². The summed E-state index contributed by atoms with van der Waals surface area (Å²) >= 11 is 0. The van der Waals surface area contributed by atoms with E-state index in [9.17, 15) is 14.4 Å². The molecule has 0 atom stereocenters. The molecule has 7 heteroatoms. The standard InChI is InChI=1S/C16H28N4O3/c1-5-7-10-20-14(17)13(15(22)18-16(20)23)19(6-2)12(21)9-8-11(3)4/h11H,5-10,17H2,1-4H3,(H,18,22,23). The predicted octanol–water partition coefficient (Wildman–Crippen LogP) is 1.71. The largest absolute Gasteiger partial charge is 0.383 e. The molecular formula is C16H28N4O3. The third kappa shape index (κ3) is 4.71.